The van der Waals surface area contributed by atoms with Crippen LogP contribution in [0.15, 0.2) is 34.4 Å². The predicted molar refractivity (Wildman–Crippen MR) is 68.7 cm³/mol. The van der Waals surface area contributed by atoms with E-state index in [1.807, 2.05) is 4.93 Å². The average Bonchev–Trinajstić information content (AvgIpc) is 2.42. The number of aliphatic carboxylic acids is 1. The number of alkyl halides is 1. The summed E-state index contributed by atoms with van der Waals surface area (Å²) in [5.74, 6) is 4.03. The van der Waals surface area contributed by atoms with Crippen LogP contribution in [0.4, 0.5) is 5.69 Å². The normalized spacial score (nSPS) is 11.9. The van der Waals surface area contributed by atoms with Crippen LogP contribution in [-0.4, -0.2) is 31.7 Å². The number of halogens is 1. The summed E-state index contributed by atoms with van der Waals surface area (Å²) in [4.78, 5) is 27.9. The molecule has 0 saturated heterocycles. The molecule has 0 atom stereocenters. The van der Waals surface area contributed by atoms with Crippen molar-refractivity contribution in [1.82, 2.24) is 0 Å². The van der Waals surface area contributed by atoms with Crippen molar-refractivity contribution in [3.8, 4) is 0 Å². The summed E-state index contributed by atoms with van der Waals surface area (Å²) < 4.78 is 0.171. The Labute approximate surface area is 120 Å². The molecule has 0 bridgehead atoms. The molecule has 0 aliphatic rings. The molecule has 0 spiro atoms. The molecular weight excluding hydrogens is 361 g/mol. The van der Waals surface area contributed by atoms with Crippen LogP contribution in [0.3, 0.4) is 0 Å². The van der Waals surface area contributed by atoms with Gasteiger partial charge in [-0.2, -0.15) is 0 Å². The Hall–Kier alpha value is -1.77. The summed E-state index contributed by atoms with van der Waals surface area (Å²) >= 11 is -0.454. The zero-order chi connectivity index (χ0) is 14.3. The van der Waals surface area contributed by atoms with Gasteiger partial charge in [0.05, 0.1) is 0 Å². The molecule has 0 amide bonds. The Balaban J connectivity index is 2.77. The second-order valence-corrected chi connectivity index (χ2v) is 5.52. The number of nitrogens with zero attached hydrogens (tertiary/aromatic N) is 2. The van der Waals surface area contributed by atoms with Crippen LogP contribution >= 0.6 is 0 Å². The van der Waals surface area contributed by atoms with E-state index in [2.05, 4.69) is 10.1 Å². The maximum atomic E-state index is 11.5. The third-order valence-electron chi connectivity index (χ3n) is 2.13. The molecule has 0 aromatic heterocycles. The molecule has 0 heterocycles. The van der Waals surface area contributed by atoms with Crippen molar-refractivity contribution in [2.75, 3.05) is 4.93 Å². The molecule has 102 valence electrons. The van der Waals surface area contributed by atoms with Crippen molar-refractivity contribution >= 4 is 27.4 Å². The number of carbonyl (C=O) groups is 2. The summed E-state index contributed by atoms with van der Waals surface area (Å²) in [5, 5.41) is 11.9. The van der Waals surface area contributed by atoms with Crippen LogP contribution in [0.2, 0.25) is 0 Å². The van der Waals surface area contributed by atoms with E-state index in [0.717, 1.165) is 0 Å². The molecule has 0 aliphatic heterocycles. The number of hydrogen-bond donors (Lipinski definition) is 2. The Bertz CT molecular complexity index is 524. The van der Waals surface area contributed by atoms with Crippen LogP contribution in [-0.2, 0) is 4.79 Å². The molecule has 1 aromatic carbocycles. The Kier molecular flexibility index (Phi) is 6.13. The van der Waals surface area contributed by atoms with Gasteiger partial charge in [-0.1, -0.05) is 0 Å². The van der Waals surface area contributed by atoms with Gasteiger partial charge in [0.15, 0.2) is 0 Å². The predicted octanol–water partition coefficient (Wildman–Crippen LogP) is -1.96. The first-order chi connectivity index (χ1) is 9.06. The van der Waals surface area contributed by atoms with Gasteiger partial charge in [-0.3, -0.25) is 0 Å². The third kappa shape index (κ3) is 5.16. The number of rotatable bonds is 6. The quantitative estimate of drug-likeness (QED) is 0.151. The molecule has 0 unspecified atom stereocenters. The van der Waals surface area contributed by atoms with Gasteiger partial charge in [0.2, 0.25) is 0 Å². The van der Waals surface area contributed by atoms with Gasteiger partial charge in [-0.05, 0) is 0 Å². The van der Waals surface area contributed by atoms with E-state index in [-0.39, 0.29) is 15.9 Å². The summed E-state index contributed by atoms with van der Waals surface area (Å²) in [6, 6.07) is 6.79. The van der Waals surface area contributed by atoms with Gasteiger partial charge in [-0.25, -0.2) is 0 Å². The van der Waals surface area contributed by atoms with Gasteiger partial charge in [0.1, 0.15) is 0 Å². The number of benzene rings is 1. The van der Waals surface area contributed by atoms with Gasteiger partial charge in [0.25, 0.3) is 0 Å². The van der Waals surface area contributed by atoms with Gasteiger partial charge >= 0.3 is 120 Å². The van der Waals surface area contributed by atoms with Gasteiger partial charge < -0.3 is 0 Å². The molecule has 1 rings (SSSR count). The van der Waals surface area contributed by atoms with E-state index in [4.69, 9.17) is 10.9 Å². The van der Waals surface area contributed by atoms with Crippen LogP contribution < -0.4 is 27.0 Å². The fraction of sp³-hybridized carbons (Fsp3) is 0.167. The summed E-state index contributed by atoms with van der Waals surface area (Å²) in [5.41, 5.74) is 1.46. The first kappa shape index (κ1) is 15.3. The molecule has 0 fully saturated rings. The number of hydrogen-bond acceptors (Lipinski definition) is 5. The van der Waals surface area contributed by atoms with Crippen molar-refractivity contribution in [1.29, 1.82) is 0 Å². The topological polar surface area (TPSA) is 105 Å². The number of carbonyl (C=O) groups excluding carboxylic acids is 1. The molecule has 0 saturated carbocycles. The summed E-state index contributed by atoms with van der Waals surface area (Å²) in [7, 11) is 0. The van der Waals surface area contributed by atoms with Gasteiger partial charge in [-0.15, -0.1) is 0 Å². The zero-order valence-corrected chi connectivity index (χ0v) is 12.4. The van der Waals surface area contributed by atoms with E-state index in [1.165, 1.54) is 6.21 Å². The first-order valence-electron chi connectivity index (χ1n) is 5.23. The third-order valence-corrected chi connectivity index (χ3v) is 3.73. The van der Waals surface area contributed by atoms with Crippen molar-refractivity contribution in [2.24, 2.45) is 15.9 Å². The monoisotopic (exact) mass is 374 g/mol. The molecular formula is C12H13IN3O3-. The molecule has 0 aliphatic carbocycles. The number of carboxylic acid groups (broad SMARTS) is 1. The van der Waals surface area contributed by atoms with E-state index < -0.39 is 27.2 Å². The minimum atomic E-state index is -1.02. The Morgan fingerprint density at radius 3 is 2.47 bits per heavy atom. The van der Waals surface area contributed by atoms with E-state index >= 15 is 0 Å². The fourth-order valence-corrected chi connectivity index (χ4v) is 2.20. The molecule has 3 N–H and O–H groups in total. The average molecular weight is 374 g/mol. The standard InChI is InChI=1S/C12H13IN3O3/c1-13-12(19)8-2-4-9(5-3-8)15-7-10(16-14)6-11(17)18/h2-5,7H,6,14H2,1H3,(H,17,18)/q-1. The molecule has 7 heteroatoms. The number of hydrazone groups is 1. The molecule has 0 radical (unpaired) electrons. The molecule has 19 heavy (non-hydrogen) atoms. The summed E-state index contributed by atoms with van der Waals surface area (Å²) in [6.45, 7) is 0. The van der Waals surface area contributed by atoms with Crippen molar-refractivity contribution < 1.29 is 35.9 Å². The number of nitrogens with two attached hydrogens (primary N) is 1. The van der Waals surface area contributed by atoms with Gasteiger partial charge in [0, 0.05) is 0 Å². The molecule has 1 aromatic rings. The van der Waals surface area contributed by atoms with Crippen molar-refractivity contribution in [2.45, 2.75) is 6.42 Å². The second-order valence-electron chi connectivity index (χ2n) is 3.46. The number of aliphatic imine (C=N–C) groups is 1. The number of carboxylic acids is 1. The Morgan fingerprint density at radius 2 is 2.00 bits per heavy atom. The van der Waals surface area contributed by atoms with E-state index in [9.17, 15) is 9.59 Å². The molecule has 6 nitrogen and oxygen atoms in total. The van der Waals surface area contributed by atoms with E-state index in [0.29, 0.717) is 11.3 Å². The second kappa shape index (κ2) is 7.62. The van der Waals surface area contributed by atoms with Crippen molar-refractivity contribution in [3.63, 3.8) is 0 Å². The SMILES string of the molecule is C[I-]C(=O)c1ccc(N=CC(CC(=O)O)=NN)cc1. The van der Waals surface area contributed by atoms with Crippen LogP contribution in [0, 0.1) is 0 Å². The van der Waals surface area contributed by atoms with Crippen LogP contribution in [0.25, 0.3) is 0 Å². The Morgan fingerprint density at radius 1 is 1.37 bits per heavy atom. The summed E-state index contributed by atoms with van der Waals surface area (Å²) in [6.07, 6.45) is 1.02. The fourth-order valence-electron chi connectivity index (χ4n) is 1.22. The van der Waals surface area contributed by atoms with Crippen molar-refractivity contribution in [3.05, 3.63) is 29.8 Å². The van der Waals surface area contributed by atoms with E-state index in [1.54, 1.807) is 24.3 Å². The zero-order valence-electron chi connectivity index (χ0n) is 10.2. The first-order valence-corrected chi connectivity index (χ1v) is 8.47. The van der Waals surface area contributed by atoms with Crippen LogP contribution in [0.5, 0.6) is 0 Å². The minimum absolute atomic E-state index is 0.171. The maximum absolute atomic E-state index is 11.5. The van der Waals surface area contributed by atoms with Crippen LogP contribution in [0.1, 0.15) is 16.8 Å².